The molecule has 0 bridgehead atoms. The van der Waals surface area contributed by atoms with Crippen LogP contribution in [0.15, 0.2) is 21.3 Å². The van der Waals surface area contributed by atoms with Gasteiger partial charge < -0.3 is 0 Å². The number of halogens is 1. The van der Waals surface area contributed by atoms with Gasteiger partial charge in [0.25, 0.3) is 0 Å². The topological polar surface area (TPSA) is 0 Å². The van der Waals surface area contributed by atoms with Gasteiger partial charge in [0.1, 0.15) is 0 Å². The van der Waals surface area contributed by atoms with E-state index in [1.54, 1.807) is 11.3 Å². The maximum absolute atomic E-state index is 3.29. The summed E-state index contributed by atoms with van der Waals surface area (Å²) in [6.07, 6.45) is 0. The average Bonchev–Trinajstić information content (AvgIpc) is 1.86. The molecule has 0 fully saturated rings. The van der Waals surface area contributed by atoms with E-state index in [4.69, 9.17) is 0 Å². The Balaban J connectivity index is 0.000000360. The molecule has 0 aliphatic rings. The van der Waals surface area contributed by atoms with Gasteiger partial charge in [-0.1, -0.05) is 0 Å². The van der Waals surface area contributed by atoms with Crippen molar-refractivity contribution in [2.24, 2.45) is 0 Å². The Morgan fingerprint density at radius 2 is 2.29 bits per heavy atom. The van der Waals surface area contributed by atoms with E-state index in [2.05, 4.69) is 15.9 Å². The number of rotatable bonds is 0. The van der Waals surface area contributed by atoms with Crippen molar-refractivity contribution in [1.29, 1.82) is 0 Å². The van der Waals surface area contributed by atoms with Crippen molar-refractivity contribution in [3.05, 3.63) is 21.3 Å². The third kappa shape index (κ3) is 2.58. The number of hydrogen-bond donors (Lipinski definition) is 0. The molecule has 0 atom stereocenters. The molecular weight excluding hydrogens is 225 g/mol. The van der Waals surface area contributed by atoms with Crippen LogP contribution in [0, 0.1) is 0 Å². The van der Waals surface area contributed by atoms with E-state index in [1.807, 2.05) is 16.8 Å². The summed E-state index contributed by atoms with van der Waals surface area (Å²) in [6, 6.07) is 2.02. The number of hydrogen-bond acceptors (Lipinski definition) is 1. The first-order chi connectivity index (χ1) is 2.89. The van der Waals surface area contributed by atoms with Crippen molar-refractivity contribution in [2.75, 3.05) is 0 Å². The van der Waals surface area contributed by atoms with E-state index in [0.29, 0.717) is 0 Å². The van der Waals surface area contributed by atoms with Crippen LogP contribution in [0.2, 0.25) is 0 Å². The summed E-state index contributed by atoms with van der Waals surface area (Å²) in [5.41, 5.74) is 0. The molecule has 1 heterocycles. The zero-order valence-corrected chi connectivity index (χ0v) is 9.09. The fourth-order valence-corrected chi connectivity index (χ4v) is 1.39. The normalized spacial score (nSPS) is 7.57. The second-order valence-electron chi connectivity index (χ2n) is 0.942. The van der Waals surface area contributed by atoms with Crippen molar-refractivity contribution in [1.82, 2.24) is 0 Å². The average molecular weight is 228 g/mol. The van der Waals surface area contributed by atoms with Crippen LogP contribution in [0.3, 0.4) is 0 Å². The third-order valence-electron chi connectivity index (χ3n) is 0.486. The Hall–Kier alpha value is 0.803. The van der Waals surface area contributed by atoms with Gasteiger partial charge in [-0.2, -0.15) is 11.3 Å². The monoisotopic (exact) mass is 226 g/mol. The molecule has 1 aromatic heterocycles. The largest absolute Gasteiger partial charge is 0.151 e. The van der Waals surface area contributed by atoms with Crippen LogP contribution >= 0.6 is 27.3 Å². The van der Waals surface area contributed by atoms with Gasteiger partial charge >= 0.3 is 0 Å². The van der Waals surface area contributed by atoms with Gasteiger partial charge in [-0.25, -0.2) is 0 Å². The fraction of sp³-hybridized carbons (Fsp3) is 0. The summed E-state index contributed by atoms with van der Waals surface area (Å²) >= 11 is 4.98. The van der Waals surface area contributed by atoms with E-state index in [-0.39, 0.29) is 19.5 Å². The van der Waals surface area contributed by atoms with Gasteiger partial charge in [-0.05, 0) is 27.4 Å². The molecule has 0 radical (unpaired) electrons. The minimum Gasteiger partial charge on any atom is -0.151 e. The van der Waals surface area contributed by atoms with E-state index < -0.39 is 0 Å². The summed E-state index contributed by atoms with van der Waals surface area (Å²) in [7, 11) is 0. The second kappa shape index (κ2) is 3.76. The van der Waals surface area contributed by atoms with E-state index >= 15 is 0 Å². The van der Waals surface area contributed by atoms with Gasteiger partial charge in [-0.3, -0.25) is 0 Å². The molecule has 34 valence electrons. The summed E-state index contributed by atoms with van der Waals surface area (Å²) in [5, 5.41) is 4.07. The predicted octanol–water partition coefficient (Wildman–Crippen LogP) is 2.51. The molecule has 1 rings (SSSR count). The standard InChI is InChI=1S/C4H3BrS.Zn/c5-4-1-2-6-3-4;/h1-3H;. The third-order valence-corrected chi connectivity index (χ3v) is 1.97. The molecule has 0 spiro atoms. The first kappa shape index (κ1) is 7.80. The summed E-state index contributed by atoms with van der Waals surface area (Å²) in [5.74, 6) is 0. The molecule has 3 heteroatoms. The Bertz CT molecular complexity index is 115. The minimum atomic E-state index is 0. The summed E-state index contributed by atoms with van der Waals surface area (Å²) < 4.78 is 1.17. The van der Waals surface area contributed by atoms with Crippen LogP contribution in [0.25, 0.3) is 0 Å². The molecular formula is C4H3BrSZn. The van der Waals surface area contributed by atoms with Gasteiger partial charge in [0, 0.05) is 29.3 Å². The van der Waals surface area contributed by atoms with Crippen molar-refractivity contribution in [3.63, 3.8) is 0 Å². The first-order valence-electron chi connectivity index (χ1n) is 1.57. The molecule has 0 saturated carbocycles. The minimum absolute atomic E-state index is 0. The Kier molecular flexibility index (Phi) is 4.19. The molecule has 0 saturated heterocycles. The molecule has 0 aliphatic heterocycles. The van der Waals surface area contributed by atoms with Gasteiger partial charge in [0.05, 0.1) is 0 Å². The van der Waals surface area contributed by atoms with E-state index in [9.17, 15) is 0 Å². The van der Waals surface area contributed by atoms with Crippen LogP contribution in [0.4, 0.5) is 0 Å². The van der Waals surface area contributed by atoms with Gasteiger partial charge in [-0.15, -0.1) is 0 Å². The van der Waals surface area contributed by atoms with Gasteiger partial charge in [0.2, 0.25) is 0 Å². The first-order valence-corrected chi connectivity index (χ1v) is 3.31. The van der Waals surface area contributed by atoms with Crippen LogP contribution in [0.1, 0.15) is 0 Å². The fourth-order valence-electron chi connectivity index (χ4n) is 0.248. The molecule has 0 N–H and O–H groups in total. The van der Waals surface area contributed by atoms with E-state index in [1.165, 1.54) is 4.47 Å². The Morgan fingerprint density at radius 1 is 1.57 bits per heavy atom. The predicted molar refractivity (Wildman–Crippen MR) is 32.0 cm³/mol. The van der Waals surface area contributed by atoms with Crippen LogP contribution < -0.4 is 0 Å². The maximum Gasteiger partial charge on any atom is 0.0282 e. The van der Waals surface area contributed by atoms with Crippen molar-refractivity contribution >= 4 is 27.3 Å². The van der Waals surface area contributed by atoms with E-state index in [0.717, 1.165) is 0 Å². The number of thiophene rings is 1. The quantitative estimate of drug-likeness (QED) is 0.599. The van der Waals surface area contributed by atoms with Crippen molar-refractivity contribution in [3.8, 4) is 0 Å². The SMILES string of the molecule is Brc1ccsc1.[Zn]. The molecule has 0 nitrogen and oxygen atoms in total. The smallest absolute Gasteiger partial charge is 0.0282 e. The molecule has 0 aromatic carbocycles. The maximum atomic E-state index is 3.29. The molecule has 7 heavy (non-hydrogen) atoms. The van der Waals surface area contributed by atoms with Crippen LogP contribution in [-0.2, 0) is 19.5 Å². The Morgan fingerprint density at radius 3 is 2.43 bits per heavy atom. The van der Waals surface area contributed by atoms with Crippen molar-refractivity contribution in [2.45, 2.75) is 0 Å². The summed E-state index contributed by atoms with van der Waals surface area (Å²) in [6.45, 7) is 0. The molecule has 0 amide bonds. The van der Waals surface area contributed by atoms with Crippen LogP contribution in [0.5, 0.6) is 0 Å². The summed E-state index contributed by atoms with van der Waals surface area (Å²) in [4.78, 5) is 0. The molecule has 0 aliphatic carbocycles. The second-order valence-corrected chi connectivity index (χ2v) is 2.64. The Labute approximate surface area is 67.8 Å². The zero-order chi connectivity index (χ0) is 4.41. The molecule has 1 aromatic rings. The van der Waals surface area contributed by atoms with Gasteiger partial charge in [0.15, 0.2) is 0 Å². The van der Waals surface area contributed by atoms with Crippen LogP contribution in [-0.4, -0.2) is 0 Å². The zero-order valence-electron chi connectivity index (χ0n) is 3.73. The molecule has 0 unspecified atom stereocenters. The van der Waals surface area contributed by atoms with Crippen molar-refractivity contribution < 1.29 is 19.5 Å².